The quantitative estimate of drug-likeness (QED) is 0.637. The first kappa shape index (κ1) is 15.1. The average Bonchev–Trinajstić information content (AvgIpc) is 2.89. The van der Waals surface area contributed by atoms with Gasteiger partial charge in [0, 0.05) is 24.0 Å². The maximum absolute atomic E-state index is 12.1. The summed E-state index contributed by atoms with van der Waals surface area (Å²) in [5.74, 6) is -0.526. The highest BCUT2D eigenvalue weighted by molar-refractivity contribution is 7.17. The molecule has 0 aromatic carbocycles. The third-order valence-corrected chi connectivity index (χ3v) is 4.45. The Hall–Kier alpha value is -1.33. The van der Waals surface area contributed by atoms with E-state index in [0.29, 0.717) is 17.4 Å². The Morgan fingerprint density at radius 3 is 2.95 bits per heavy atom. The average molecular weight is 314 g/mol. The van der Waals surface area contributed by atoms with Gasteiger partial charge in [-0.1, -0.05) is 11.6 Å². The van der Waals surface area contributed by atoms with Crippen LogP contribution in [0.4, 0.5) is 0 Å². The van der Waals surface area contributed by atoms with Crippen LogP contribution in [0.3, 0.4) is 0 Å². The first-order valence-electron chi connectivity index (χ1n) is 6.40. The Bertz CT molecular complexity index is 526. The Balaban J connectivity index is 1.95. The lowest BCUT2D eigenvalue weighted by Gasteiger charge is -2.30. The molecule has 0 spiro atoms. The molecule has 1 aliphatic rings. The van der Waals surface area contributed by atoms with Gasteiger partial charge in [-0.2, -0.15) is 0 Å². The van der Waals surface area contributed by atoms with Gasteiger partial charge in [0.15, 0.2) is 0 Å². The largest absolute Gasteiger partial charge is 0.469 e. The number of ether oxygens (including phenoxy) is 1. The lowest BCUT2D eigenvalue weighted by molar-refractivity contribution is -0.148. The van der Waals surface area contributed by atoms with Crippen LogP contribution in [0.2, 0.25) is 4.34 Å². The molecule has 6 heteroatoms. The Morgan fingerprint density at radius 1 is 1.50 bits per heavy atom. The van der Waals surface area contributed by atoms with Crippen molar-refractivity contribution in [2.24, 2.45) is 5.92 Å². The van der Waals surface area contributed by atoms with Crippen molar-refractivity contribution in [3.8, 4) is 0 Å². The number of carbonyl (C=O) groups excluding carboxylic acids is 2. The van der Waals surface area contributed by atoms with Gasteiger partial charge >= 0.3 is 5.97 Å². The predicted molar refractivity (Wildman–Crippen MR) is 79.7 cm³/mol. The van der Waals surface area contributed by atoms with Crippen molar-refractivity contribution in [1.29, 1.82) is 0 Å². The maximum atomic E-state index is 12.1. The molecule has 1 unspecified atom stereocenters. The van der Waals surface area contributed by atoms with E-state index in [4.69, 9.17) is 16.3 Å². The molecule has 0 bridgehead atoms. The molecule has 1 amide bonds. The van der Waals surface area contributed by atoms with E-state index in [2.05, 4.69) is 0 Å². The third kappa shape index (κ3) is 3.84. The number of thiophene rings is 1. The molecule has 0 saturated carbocycles. The van der Waals surface area contributed by atoms with E-state index >= 15 is 0 Å². The lowest BCUT2D eigenvalue weighted by Crippen LogP contribution is -2.41. The topological polar surface area (TPSA) is 46.6 Å². The molecule has 0 radical (unpaired) electrons. The van der Waals surface area contributed by atoms with Gasteiger partial charge in [-0.3, -0.25) is 9.59 Å². The molecular formula is C14H16ClNO3S. The van der Waals surface area contributed by atoms with Crippen molar-refractivity contribution >= 4 is 40.9 Å². The van der Waals surface area contributed by atoms with Crippen molar-refractivity contribution < 1.29 is 14.3 Å². The summed E-state index contributed by atoms with van der Waals surface area (Å²) in [5.41, 5.74) is 0. The zero-order valence-electron chi connectivity index (χ0n) is 11.2. The number of hydrogen-bond acceptors (Lipinski definition) is 4. The molecule has 1 aliphatic heterocycles. The van der Waals surface area contributed by atoms with Crippen molar-refractivity contribution in [2.45, 2.75) is 12.8 Å². The summed E-state index contributed by atoms with van der Waals surface area (Å²) in [6, 6.07) is 3.66. The molecule has 1 saturated heterocycles. The molecule has 108 valence electrons. The van der Waals surface area contributed by atoms with E-state index in [9.17, 15) is 9.59 Å². The predicted octanol–water partition coefficient (Wildman–Crippen LogP) is 2.83. The SMILES string of the molecule is COC(=O)C1CCCN(C(=O)/C=C/c2ccc(Cl)s2)C1. The molecule has 4 nitrogen and oxygen atoms in total. The number of amides is 1. The molecule has 1 aromatic rings. The van der Waals surface area contributed by atoms with Gasteiger partial charge in [-0.05, 0) is 31.1 Å². The van der Waals surface area contributed by atoms with E-state index in [1.54, 1.807) is 17.0 Å². The first-order valence-corrected chi connectivity index (χ1v) is 7.59. The van der Waals surface area contributed by atoms with Gasteiger partial charge in [0.05, 0.1) is 17.4 Å². The Labute approximate surface area is 127 Å². The maximum Gasteiger partial charge on any atom is 0.310 e. The zero-order chi connectivity index (χ0) is 14.5. The van der Waals surface area contributed by atoms with Crippen LogP contribution in [0.15, 0.2) is 18.2 Å². The van der Waals surface area contributed by atoms with Gasteiger partial charge in [0.25, 0.3) is 0 Å². The Kier molecular flexibility index (Phi) is 5.20. The summed E-state index contributed by atoms with van der Waals surface area (Å²) in [7, 11) is 1.38. The number of carbonyl (C=O) groups is 2. The lowest BCUT2D eigenvalue weighted by atomic mass is 9.98. The summed E-state index contributed by atoms with van der Waals surface area (Å²) in [4.78, 5) is 26.2. The summed E-state index contributed by atoms with van der Waals surface area (Å²) >= 11 is 7.25. The van der Waals surface area contributed by atoms with Crippen LogP contribution in [0.25, 0.3) is 6.08 Å². The minimum absolute atomic E-state index is 0.0804. The molecule has 2 rings (SSSR count). The number of likely N-dealkylation sites (tertiary alicyclic amines) is 1. The van der Waals surface area contributed by atoms with Crippen LogP contribution in [0.1, 0.15) is 17.7 Å². The fraction of sp³-hybridized carbons (Fsp3) is 0.429. The fourth-order valence-corrected chi connectivity index (χ4v) is 3.18. The van der Waals surface area contributed by atoms with Crippen LogP contribution in [-0.2, 0) is 14.3 Å². The van der Waals surface area contributed by atoms with Crippen molar-refractivity contribution in [1.82, 2.24) is 4.90 Å². The minimum atomic E-state index is -0.239. The molecule has 20 heavy (non-hydrogen) atoms. The van der Waals surface area contributed by atoms with Gasteiger partial charge in [0.2, 0.25) is 5.91 Å². The Morgan fingerprint density at radius 2 is 2.30 bits per heavy atom. The molecule has 0 N–H and O–H groups in total. The minimum Gasteiger partial charge on any atom is -0.469 e. The molecule has 1 fully saturated rings. The van der Waals surface area contributed by atoms with Gasteiger partial charge in [0.1, 0.15) is 0 Å². The van der Waals surface area contributed by atoms with Crippen LogP contribution >= 0.6 is 22.9 Å². The number of halogens is 1. The highest BCUT2D eigenvalue weighted by Crippen LogP contribution is 2.23. The molecule has 1 atom stereocenters. The second-order valence-corrected chi connectivity index (χ2v) is 6.37. The fourth-order valence-electron chi connectivity index (χ4n) is 2.21. The van der Waals surface area contributed by atoms with E-state index < -0.39 is 0 Å². The number of nitrogens with zero attached hydrogens (tertiary/aromatic N) is 1. The number of hydrogen-bond donors (Lipinski definition) is 0. The molecular weight excluding hydrogens is 298 g/mol. The van der Waals surface area contributed by atoms with E-state index in [-0.39, 0.29) is 17.8 Å². The second kappa shape index (κ2) is 6.90. The van der Waals surface area contributed by atoms with Crippen LogP contribution < -0.4 is 0 Å². The third-order valence-electron chi connectivity index (χ3n) is 3.25. The molecule has 0 aliphatic carbocycles. The number of piperidine rings is 1. The van der Waals surface area contributed by atoms with E-state index in [1.807, 2.05) is 6.07 Å². The monoisotopic (exact) mass is 313 g/mol. The normalized spacial score (nSPS) is 19.3. The summed E-state index contributed by atoms with van der Waals surface area (Å²) in [6.07, 6.45) is 4.88. The molecule has 1 aromatic heterocycles. The van der Waals surface area contributed by atoms with Crippen LogP contribution in [0.5, 0.6) is 0 Å². The van der Waals surface area contributed by atoms with Crippen LogP contribution in [0, 0.1) is 5.92 Å². The summed E-state index contributed by atoms with van der Waals surface area (Å²) in [5, 5.41) is 0. The van der Waals surface area contributed by atoms with Gasteiger partial charge in [-0.25, -0.2) is 0 Å². The van der Waals surface area contributed by atoms with Crippen molar-refractivity contribution in [3.63, 3.8) is 0 Å². The van der Waals surface area contributed by atoms with E-state index in [1.165, 1.54) is 24.5 Å². The number of rotatable bonds is 3. The summed E-state index contributed by atoms with van der Waals surface area (Å²) < 4.78 is 5.44. The smallest absolute Gasteiger partial charge is 0.310 e. The van der Waals surface area contributed by atoms with Crippen molar-refractivity contribution in [2.75, 3.05) is 20.2 Å². The number of methoxy groups -OCH3 is 1. The van der Waals surface area contributed by atoms with Crippen molar-refractivity contribution in [3.05, 3.63) is 27.4 Å². The standard InChI is InChI=1S/C14H16ClNO3S/c1-19-14(18)10-3-2-8-16(9-10)13(17)7-5-11-4-6-12(15)20-11/h4-7,10H,2-3,8-9H2,1H3/b7-5+. The van der Waals surface area contributed by atoms with Gasteiger partial charge in [-0.15, -0.1) is 11.3 Å². The highest BCUT2D eigenvalue weighted by atomic mass is 35.5. The highest BCUT2D eigenvalue weighted by Gasteiger charge is 2.28. The van der Waals surface area contributed by atoms with E-state index in [0.717, 1.165) is 17.7 Å². The number of esters is 1. The first-order chi connectivity index (χ1) is 9.60. The van der Waals surface area contributed by atoms with Crippen LogP contribution in [-0.4, -0.2) is 37.0 Å². The zero-order valence-corrected chi connectivity index (χ0v) is 12.7. The van der Waals surface area contributed by atoms with Gasteiger partial charge < -0.3 is 9.64 Å². The summed E-state index contributed by atoms with van der Waals surface area (Å²) in [6.45, 7) is 1.11. The second-order valence-electron chi connectivity index (χ2n) is 4.62. The molecule has 2 heterocycles.